The highest BCUT2D eigenvalue weighted by Gasteiger charge is 2.17. The minimum atomic E-state index is -0.181. The van der Waals surface area contributed by atoms with Crippen LogP contribution >= 0.6 is 0 Å². The smallest absolute Gasteiger partial charge is 0.272 e. The fraction of sp³-hybridized carbons (Fsp3) is 0.316. The normalized spacial score (nSPS) is 10.2. The molecular weight excluding hydrogens is 302 g/mol. The average Bonchev–Trinajstić information content (AvgIpc) is 2.64. The lowest BCUT2D eigenvalue weighted by atomic mass is 10.1. The molecule has 0 unspecified atom stereocenters. The third kappa shape index (κ3) is 4.65. The van der Waals surface area contributed by atoms with Crippen molar-refractivity contribution in [2.24, 2.45) is 0 Å². The highest BCUT2D eigenvalue weighted by atomic mass is 16.2. The van der Waals surface area contributed by atoms with E-state index in [2.05, 4.69) is 10.3 Å². The van der Waals surface area contributed by atoms with E-state index in [1.807, 2.05) is 44.2 Å². The third-order valence-corrected chi connectivity index (χ3v) is 3.66. The van der Waals surface area contributed by atoms with Crippen LogP contribution in [0.2, 0.25) is 0 Å². The molecule has 0 fully saturated rings. The monoisotopic (exact) mass is 325 g/mol. The molecule has 2 amide bonds. The number of carbonyl (C=O) groups is 2. The van der Waals surface area contributed by atoms with Crippen LogP contribution in [0, 0.1) is 0 Å². The van der Waals surface area contributed by atoms with Gasteiger partial charge in [-0.25, -0.2) is 0 Å². The molecule has 0 saturated heterocycles. The van der Waals surface area contributed by atoms with Crippen molar-refractivity contribution in [1.82, 2.24) is 15.2 Å². The first-order valence-corrected chi connectivity index (χ1v) is 8.23. The van der Waals surface area contributed by atoms with E-state index in [9.17, 15) is 9.59 Å². The molecule has 2 aromatic rings. The summed E-state index contributed by atoms with van der Waals surface area (Å²) in [5.41, 5.74) is 1.80. The van der Waals surface area contributed by atoms with Crippen LogP contribution in [-0.4, -0.2) is 34.8 Å². The zero-order chi connectivity index (χ0) is 17.4. The Morgan fingerprint density at radius 2 is 1.88 bits per heavy atom. The van der Waals surface area contributed by atoms with E-state index in [4.69, 9.17) is 0 Å². The average molecular weight is 325 g/mol. The number of carbonyl (C=O) groups excluding carboxylic acids is 2. The van der Waals surface area contributed by atoms with E-state index in [-0.39, 0.29) is 17.5 Å². The van der Waals surface area contributed by atoms with Gasteiger partial charge in [-0.15, -0.1) is 0 Å². The van der Waals surface area contributed by atoms with Crippen molar-refractivity contribution in [2.75, 3.05) is 13.1 Å². The predicted octanol–water partition coefficient (Wildman–Crippen LogP) is 2.88. The van der Waals surface area contributed by atoms with E-state index in [0.717, 1.165) is 12.0 Å². The molecule has 0 aliphatic carbocycles. The van der Waals surface area contributed by atoms with Crippen LogP contribution < -0.4 is 5.32 Å². The lowest BCUT2D eigenvalue weighted by Gasteiger charge is -2.20. The van der Waals surface area contributed by atoms with E-state index >= 15 is 0 Å². The Labute approximate surface area is 142 Å². The van der Waals surface area contributed by atoms with Gasteiger partial charge in [0.15, 0.2) is 0 Å². The van der Waals surface area contributed by atoms with Gasteiger partial charge in [0.1, 0.15) is 5.69 Å². The molecule has 0 bridgehead atoms. The summed E-state index contributed by atoms with van der Waals surface area (Å²) in [4.78, 5) is 30.6. The standard InChI is InChI=1S/C19H23N3O2/c1-3-11-21-18(23)16-10-12-20-17(13-16)19(24)22(4-2)14-15-8-6-5-7-9-15/h5-10,12-13H,3-4,11,14H2,1-2H3,(H,21,23). The van der Waals surface area contributed by atoms with Crippen LogP contribution in [0.15, 0.2) is 48.7 Å². The second-order valence-electron chi connectivity index (χ2n) is 5.49. The number of rotatable bonds is 7. The SMILES string of the molecule is CCCNC(=O)c1ccnc(C(=O)N(CC)Cc2ccccc2)c1. The number of benzene rings is 1. The molecule has 0 saturated carbocycles. The van der Waals surface area contributed by atoms with Gasteiger partial charge in [-0.05, 0) is 31.0 Å². The Morgan fingerprint density at radius 3 is 2.54 bits per heavy atom. The molecule has 1 aromatic carbocycles. The zero-order valence-electron chi connectivity index (χ0n) is 14.2. The molecule has 1 N–H and O–H groups in total. The predicted molar refractivity (Wildman–Crippen MR) is 93.7 cm³/mol. The van der Waals surface area contributed by atoms with Crippen molar-refractivity contribution in [3.63, 3.8) is 0 Å². The molecule has 5 nitrogen and oxygen atoms in total. The van der Waals surface area contributed by atoms with Crippen LogP contribution in [0.5, 0.6) is 0 Å². The maximum Gasteiger partial charge on any atom is 0.272 e. The molecule has 2 rings (SSSR count). The molecule has 126 valence electrons. The maximum absolute atomic E-state index is 12.7. The van der Waals surface area contributed by atoms with Crippen molar-refractivity contribution in [3.05, 3.63) is 65.5 Å². The highest BCUT2D eigenvalue weighted by molar-refractivity contribution is 5.98. The summed E-state index contributed by atoms with van der Waals surface area (Å²) in [6, 6.07) is 13.0. The highest BCUT2D eigenvalue weighted by Crippen LogP contribution is 2.10. The number of nitrogens with zero attached hydrogens (tertiary/aromatic N) is 2. The van der Waals surface area contributed by atoms with Crippen molar-refractivity contribution >= 4 is 11.8 Å². The molecule has 24 heavy (non-hydrogen) atoms. The Hall–Kier alpha value is -2.69. The van der Waals surface area contributed by atoms with Crippen molar-refractivity contribution < 1.29 is 9.59 Å². The maximum atomic E-state index is 12.7. The Kier molecular flexibility index (Phi) is 6.49. The summed E-state index contributed by atoms with van der Waals surface area (Å²) in [5, 5.41) is 2.81. The van der Waals surface area contributed by atoms with Gasteiger partial charge in [0.05, 0.1) is 0 Å². The van der Waals surface area contributed by atoms with Gasteiger partial charge in [-0.2, -0.15) is 0 Å². The van der Waals surface area contributed by atoms with Gasteiger partial charge in [-0.1, -0.05) is 37.3 Å². The lowest BCUT2D eigenvalue weighted by molar-refractivity contribution is 0.0746. The third-order valence-electron chi connectivity index (χ3n) is 3.66. The Morgan fingerprint density at radius 1 is 1.12 bits per heavy atom. The molecular formula is C19H23N3O2. The molecule has 0 spiro atoms. The summed E-state index contributed by atoms with van der Waals surface area (Å²) >= 11 is 0. The van der Waals surface area contributed by atoms with Crippen molar-refractivity contribution in [1.29, 1.82) is 0 Å². The Bertz CT molecular complexity index is 686. The second-order valence-corrected chi connectivity index (χ2v) is 5.49. The summed E-state index contributed by atoms with van der Waals surface area (Å²) < 4.78 is 0. The number of aromatic nitrogens is 1. The largest absolute Gasteiger partial charge is 0.352 e. The number of pyridine rings is 1. The van der Waals surface area contributed by atoms with E-state index < -0.39 is 0 Å². The van der Waals surface area contributed by atoms with Gasteiger partial charge in [-0.3, -0.25) is 14.6 Å². The van der Waals surface area contributed by atoms with E-state index in [1.54, 1.807) is 17.0 Å². The molecule has 0 aliphatic heterocycles. The van der Waals surface area contributed by atoms with Gasteiger partial charge in [0.25, 0.3) is 11.8 Å². The van der Waals surface area contributed by atoms with Crippen molar-refractivity contribution in [2.45, 2.75) is 26.8 Å². The van der Waals surface area contributed by atoms with E-state index in [1.165, 1.54) is 6.20 Å². The molecule has 1 aromatic heterocycles. The first kappa shape index (κ1) is 17.7. The number of amides is 2. The van der Waals surface area contributed by atoms with E-state index in [0.29, 0.717) is 25.2 Å². The number of hydrogen-bond donors (Lipinski definition) is 1. The first-order valence-electron chi connectivity index (χ1n) is 8.23. The second kappa shape index (κ2) is 8.82. The summed E-state index contributed by atoms with van der Waals surface area (Å²) in [6.07, 6.45) is 2.37. The van der Waals surface area contributed by atoms with Gasteiger partial charge in [0.2, 0.25) is 0 Å². The molecule has 0 atom stereocenters. The molecule has 0 aliphatic rings. The molecule has 5 heteroatoms. The number of hydrogen-bond acceptors (Lipinski definition) is 3. The topological polar surface area (TPSA) is 62.3 Å². The minimum absolute atomic E-state index is 0.175. The van der Waals surface area contributed by atoms with Gasteiger partial charge in [0, 0.05) is 31.4 Å². The van der Waals surface area contributed by atoms with Crippen LogP contribution in [0.25, 0.3) is 0 Å². The minimum Gasteiger partial charge on any atom is -0.352 e. The lowest BCUT2D eigenvalue weighted by Crippen LogP contribution is -2.31. The van der Waals surface area contributed by atoms with Crippen LogP contribution in [0.1, 0.15) is 46.7 Å². The first-order chi connectivity index (χ1) is 11.7. The van der Waals surface area contributed by atoms with Crippen molar-refractivity contribution in [3.8, 4) is 0 Å². The molecule has 0 radical (unpaired) electrons. The fourth-order valence-electron chi connectivity index (χ4n) is 2.32. The van der Waals surface area contributed by atoms with Crippen LogP contribution in [0.4, 0.5) is 0 Å². The number of nitrogens with one attached hydrogen (secondary N) is 1. The van der Waals surface area contributed by atoms with Crippen LogP contribution in [-0.2, 0) is 6.54 Å². The summed E-state index contributed by atoms with van der Waals surface area (Å²) in [7, 11) is 0. The Balaban J connectivity index is 2.14. The van der Waals surface area contributed by atoms with Gasteiger partial charge < -0.3 is 10.2 Å². The fourth-order valence-corrected chi connectivity index (χ4v) is 2.32. The summed E-state index contributed by atoms with van der Waals surface area (Å²) in [6.45, 7) is 5.62. The summed E-state index contributed by atoms with van der Waals surface area (Å²) in [5.74, 6) is -0.356. The zero-order valence-corrected chi connectivity index (χ0v) is 14.2. The van der Waals surface area contributed by atoms with Crippen LogP contribution in [0.3, 0.4) is 0 Å². The van der Waals surface area contributed by atoms with Gasteiger partial charge >= 0.3 is 0 Å². The molecule has 1 heterocycles. The quantitative estimate of drug-likeness (QED) is 0.851.